The number of aryl methyl sites for hydroxylation is 1. The number of benzene rings is 1. The molecule has 3 heteroatoms. The number of amides is 1. The van der Waals surface area contributed by atoms with Crippen molar-refractivity contribution in [1.82, 2.24) is 5.32 Å². The Labute approximate surface area is 109 Å². The topological polar surface area (TPSA) is 38.3 Å². The van der Waals surface area contributed by atoms with Crippen LogP contribution in [0.1, 0.15) is 30.4 Å². The molecule has 1 aliphatic rings. The van der Waals surface area contributed by atoms with Crippen molar-refractivity contribution in [1.29, 1.82) is 0 Å². The molecule has 1 saturated heterocycles. The minimum Gasteiger partial charge on any atom is -0.378 e. The SMILES string of the molecule is Cc1ccc(CC(=O)NCCC2CCCO2)cc1. The van der Waals surface area contributed by atoms with E-state index in [2.05, 4.69) is 5.32 Å². The number of carbonyl (C=O) groups excluding carboxylic acids is 1. The van der Waals surface area contributed by atoms with Crippen molar-refractivity contribution >= 4 is 5.91 Å². The average molecular weight is 247 g/mol. The van der Waals surface area contributed by atoms with Gasteiger partial charge in [-0.15, -0.1) is 0 Å². The van der Waals surface area contributed by atoms with Gasteiger partial charge < -0.3 is 10.1 Å². The molecule has 1 unspecified atom stereocenters. The van der Waals surface area contributed by atoms with Crippen molar-refractivity contribution in [3.05, 3.63) is 35.4 Å². The third-order valence-electron chi connectivity index (χ3n) is 3.30. The Bertz CT molecular complexity index is 380. The van der Waals surface area contributed by atoms with Crippen molar-refractivity contribution in [3.63, 3.8) is 0 Å². The van der Waals surface area contributed by atoms with E-state index in [1.165, 1.54) is 5.56 Å². The molecule has 2 rings (SSSR count). The van der Waals surface area contributed by atoms with Gasteiger partial charge in [-0.2, -0.15) is 0 Å². The molecule has 1 aliphatic heterocycles. The van der Waals surface area contributed by atoms with Crippen LogP contribution < -0.4 is 5.32 Å². The maximum atomic E-state index is 11.7. The fourth-order valence-electron chi connectivity index (χ4n) is 2.20. The van der Waals surface area contributed by atoms with Gasteiger partial charge in [0.15, 0.2) is 0 Å². The standard InChI is InChI=1S/C15H21NO2/c1-12-4-6-13(7-5-12)11-15(17)16-9-8-14-3-2-10-18-14/h4-7,14H,2-3,8-11H2,1H3,(H,16,17). The number of hydrogen-bond acceptors (Lipinski definition) is 2. The number of hydrogen-bond donors (Lipinski definition) is 1. The first-order chi connectivity index (χ1) is 8.74. The maximum absolute atomic E-state index is 11.7. The van der Waals surface area contributed by atoms with Gasteiger partial charge in [0.05, 0.1) is 12.5 Å². The van der Waals surface area contributed by atoms with Gasteiger partial charge in [-0.05, 0) is 31.7 Å². The summed E-state index contributed by atoms with van der Waals surface area (Å²) in [5.41, 5.74) is 2.28. The Morgan fingerprint density at radius 1 is 1.39 bits per heavy atom. The van der Waals surface area contributed by atoms with Gasteiger partial charge in [-0.25, -0.2) is 0 Å². The highest BCUT2D eigenvalue weighted by atomic mass is 16.5. The zero-order valence-electron chi connectivity index (χ0n) is 10.9. The fraction of sp³-hybridized carbons (Fsp3) is 0.533. The molecular weight excluding hydrogens is 226 g/mol. The molecule has 1 aromatic rings. The second kappa shape index (κ2) is 6.55. The van der Waals surface area contributed by atoms with Crippen molar-refractivity contribution in [2.24, 2.45) is 0 Å². The fourth-order valence-corrected chi connectivity index (χ4v) is 2.20. The smallest absolute Gasteiger partial charge is 0.224 e. The number of nitrogens with one attached hydrogen (secondary N) is 1. The second-order valence-electron chi connectivity index (χ2n) is 4.94. The highest BCUT2D eigenvalue weighted by Gasteiger charge is 2.15. The molecule has 1 heterocycles. The second-order valence-corrected chi connectivity index (χ2v) is 4.94. The maximum Gasteiger partial charge on any atom is 0.224 e. The van der Waals surface area contributed by atoms with E-state index in [1.54, 1.807) is 0 Å². The van der Waals surface area contributed by atoms with Gasteiger partial charge in [-0.1, -0.05) is 29.8 Å². The number of ether oxygens (including phenoxy) is 1. The van der Waals surface area contributed by atoms with Crippen LogP contribution in [0.5, 0.6) is 0 Å². The van der Waals surface area contributed by atoms with Crippen molar-refractivity contribution in [2.75, 3.05) is 13.2 Å². The largest absolute Gasteiger partial charge is 0.378 e. The summed E-state index contributed by atoms with van der Waals surface area (Å²) in [6.07, 6.45) is 4.03. The molecule has 1 amide bonds. The van der Waals surface area contributed by atoms with Crippen molar-refractivity contribution < 1.29 is 9.53 Å². The summed E-state index contributed by atoms with van der Waals surface area (Å²) in [5, 5.41) is 2.95. The van der Waals surface area contributed by atoms with Crippen LogP contribution in [-0.4, -0.2) is 25.2 Å². The van der Waals surface area contributed by atoms with Crippen LogP contribution in [0.3, 0.4) is 0 Å². The number of rotatable bonds is 5. The van der Waals surface area contributed by atoms with E-state index in [0.717, 1.165) is 38.0 Å². The first-order valence-corrected chi connectivity index (χ1v) is 6.68. The highest BCUT2D eigenvalue weighted by Crippen LogP contribution is 2.14. The lowest BCUT2D eigenvalue weighted by Gasteiger charge is -2.10. The summed E-state index contributed by atoms with van der Waals surface area (Å²) in [6.45, 7) is 3.64. The van der Waals surface area contributed by atoms with Gasteiger partial charge in [0.25, 0.3) is 0 Å². The van der Waals surface area contributed by atoms with Crippen LogP contribution in [0.4, 0.5) is 0 Å². The molecule has 0 bridgehead atoms. The van der Waals surface area contributed by atoms with Crippen LogP contribution in [0.25, 0.3) is 0 Å². The molecule has 1 fully saturated rings. The van der Waals surface area contributed by atoms with E-state index in [-0.39, 0.29) is 5.91 Å². The van der Waals surface area contributed by atoms with Crippen LogP contribution in [0.15, 0.2) is 24.3 Å². The monoisotopic (exact) mass is 247 g/mol. The van der Waals surface area contributed by atoms with Gasteiger partial charge in [0, 0.05) is 13.2 Å². The zero-order valence-corrected chi connectivity index (χ0v) is 10.9. The molecule has 18 heavy (non-hydrogen) atoms. The summed E-state index contributed by atoms with van der Waals surface area (Å²) in [4.78, 5) is 11.7. The molecule has 1 atom stereocenters. The first-order valence-electron chi connectivity index (χ1n) is 6.68. The Kier molecular flexibility index (Phi) is 4.76. The molecule has 98 valence electrons. The Hall–Kier alpha value is -1.35. The lowest BCUT2D eigenvalue weighted by Crippen LogP contribution is -2.28. The molecule has 0 aromatic heterocycles. The lowest BCUT2D eigenvalue weighted by molar-refractivity contribution is -0.120. The Balaban J connectivity index is 1.66. The first kappa shape index (κ1) is 13.1. The van der Waals surface area contributed by atoms with E-state index in [9.17, 15) is 4.79 Å². The molecular formula is C15H21NO2. The molecule has 0 aliphatic carbocycles. The summed E-state index contributed by atoms with van der Waals surface area (Å²) < 4.78 is 5.51. The van der Waals surface area contributed by atoms with Crippen molar-refractivity contribution in [3.8, 4) is 0 Å². The zero-order chi connectivity index (χ0) is 12.8. The van der Waals surface area contributed by atoms with Crippen LogP contribution in [0, 0.1) is 6.92 Å². The highest BCUT2D eigenvalue weighted by molar-refractivity contribution is 5.78. The Morgan fingerprint density at radius 3 is 2.83 bits per heavy atom. The predicted octanol–water partition coefficient (Wildman–Crippen LogP) is 2.22. The third kappa shape index (κ3) is 4.15. The molecule has 1 aromatic carbocycles. The van der Waals surface area contributed by atoms with E-state index >= 15 is 0 Å². The quantitative estimate of drug-likeness (QED) is 0.866. The number of carbonyl (C=O) groups is 1. The molecule has 0 radical (unpaired) electrons. The van der Waals surface area contributed by atoms with Gasteiger partial charge in [0.1, 0.15) is 0 Å². The summed E-state index contributed by atoms with van der Waals surface area (Å²) in [5.74, 6) is 0.0943. The normalized spacial score (nSPS) is 18.8. The van der Waals surface area contributed by atoms with Gasteiger partial charge in [-0.3, -0.25) is 4.79 Å². The van der Waals surface area contributed by atoms with E-state index in [1.807, 2.05) is 31.2 Å². The van der Waals surface area contributed by atoms with E-state index in [0.29, 0.717) is 12.5 Å². The molecule has 0 saturated carbocycles. The Morgan fingerprint density at radius 2 is 2.17 bits per heavy atom. The summed E-state index contributed by atoms with van der Waals surface area (Å²) >= 11 is 0. The summed E-state index contributed by atoms with van der Waals surface area (Å²) in [7, 11) is 0. The van der Waals surface area contributed by atoms with Crippen LogP contribution in [-0.2, 0) is 16.0 Å². The predicted molar refractivity (Wildman–Crippen MR) is 71.5 cm³/mol. The summed E-state index contributed by atoms with van der Waals surface area (Å²) in [6, 6.07) is 8.09. The van der Waals surface area contributed by atoms with Crippen LogP contribution >= 0.6 is 0 Å². The third-order valence-corrected chi connectivity index (χ3v) is 3.30. The minimum absolute atomic E-state index is 0.0943. The van der Waals surface area contributed by atoms with E-state index < -0.39 is 0 Å². The van der Waals surface area contributed by atoms with Crippen molar-refractivity contribution in [2.45, 2.75) is 38.7 Å². The average Bonchev–Trinajstić information content (AvgIpc) is 2.85. The minimum atomic E-state index is 0.0943. The molecule has 3 nitrogen and oxygen atoms in total. The van der Waals surface area contributed by atoms with E-state index in [4.69, 9.17) is 4.74 Å². The molecule has 0 spiro atoms. The lowest BCUT2D eigenvalue weighted by atomic mass is 10.1. The van der Waals surface area contributed by atoms with Crippen LogP contribution in [0.2, 0.25) is 0 Å². The molecule has 1 N–H and O–H groups in total. The van der Waals surface area contributed by atoms with Gasteiger partial charge >= 0.3 is 0 Å². The van der Waals surface area contributed by atoms with Gasteiger partial charge in [0.2, 0.25) is 5.91 Å².